The Morgan fingerprint density at radius 3 is 2.37 bits per heavy atom. The van der Waals surface area contributed by atoms with Crippen LogP contribution in [0.15, 0.2) is 0 Å². The van der Waals surface area contributed by atoms with E-state index < -0.39 is 18.4 Å². The number of fused-ring (bicyclic) bond motifs is 1. The molecule has 3 saturated carbocycles. The van der Waals surface area contributed by atoms with E-state index in [2.05, 4.69) is 17.1 Å². The lowest BCUT2D eigenvalue weighted by atomic mass is 9.69. The first-order chi connectivity index (χ1) is 20.9. The largest absolute Gasteiger partial charge is 0.376 e. The molecule has 4 fully saturated rings. The van der Waals surface area contributed by atoms with Gasteiger partial charge in [0, 0.05) is 31.5 Å². The van der Waals surface area contributed by atoms with Crippen molar-refractivity contribution in [2.45, 2.75) is 147 Å². The summed E-state index contributed by atoms with van der Waals surface area (Å²) in [7, 11) is 0. The number of unbranched alkanes of at least 4 members (excludes halogenated alkanes) is 3. The van der Waals surface area contributed by atoms with Crippen LogP contribution in [0.25, 0.3) is 0 Å². The van der Waals surface area contributed by atoms with Gasteiger partial charge in [-0.25, -0.2) is 8.78 Å². The van der Waals surface area contributed by atoms with Crippen LogP contribution in [-0.2, 0) is 19.1 Å². The summed E-state index contributed by atoms with van der Waals surface area (Å²) in [6.07, 6.45) is 18.3. The summed E-state index contributed by atoms with van der Waals surface area (Å²) in [4.78, 5) is 28.3. The van der Waals surface area contributed by atoms with E-state index in [1.165, 1.54) is 32.1 Å². The standard InChI is InChI=1S/C35H60F2N2O4/c1-2-21-39(22-11-3-4-12-23-42-26-35(36,37)28-15-9-6-10-16-28)24-31(40)29-17-19-32(34-30(29)18-20-33(41)38-34)43-25-27-13-7-5-8-14-27/h27-30,32,34H,2-26H2,1H3,(H,38,41). The Morgan fingerprint density at radius 1 is 0.907 bits per heavy atom. The highest BCUT2D eigenvalue weighted by Gasteiger charge is 2.46. The van der Waals surface area contributed by atoms with Crippen LogP contribution in [0.5, 0.6) is 0 Å². The molecule has 248 valence electrons. The second kappa shape index (κ2) is 18.1. The average Bonchev–Trinajstić information content (AvgIpc) is 3.02. The van der Waals surface area contributed by atoms with Gasteiger partial charge in [-0.3, -0.25) is 14.5 Å². The number of nitrogens with zero attached hydrogens (tertiary/aromatic N) is 1. The summed E-state index contributed by atoms with van der Waals surface area (Å²) in [6.45, 7) is 5.14. The number of Topliss-reactive ketones (excluding diaryl/α,β-unsaturated/α-hetero) is 1. The molecule has 6 nitrogen and oxygen atoms in total. The number of amides is 1. The van der Waals surface area contributed by atoms with Crippen molar-refractivity contribution in [2.75, 3.05) is 39.5 Å². The van der Waals surface area contributed by atoms with E-state index in [0.717, 1.165) is 90.3 Å². The summed E-state index contributed by atoms with van der Waals surface area (Å²) in [5.41, 5.74) is 0. The molecule has 0 radical (unpaired) electrons. The highest BCUT2D eigenvalue weighted by atomic mass is 19.3. The molecular formula is C35H60F2N2O4. The first-order valence-electron chi connectivity index (χ1n) is 18.0. The summed E-state index contributed by atoms with van der Waals surface area (Å²) >= 11 is 0. The Balaban J connectivity index is 1.15. The Kier molecular flexibility index (Phi) is 14.7. The molecule has 0 aromatic heterocycles. The van der Waals surface area contributed by atoms with Crippen LogP contribution < -0.4 is 5.32 Å². The molecule has 43 heavy (non-hydrogen) atoms. The molecule has 0 aromatic rings. The van der Waals surface area contributed by atoms with E-state index >= 15 is 0 Å². The maximum atomic E-state index is 14.4. The van der Waals surface area contributed by atoms with Gasteiger partial charge in [0.25, 0.3) is 5.92 Å². The van der Waals surface area contributed by atoms with Crippen molar-refractivity contribution in [3.63, 3.8) is 0 Å². The molecule has 1 N–H and O–H groups in total. The van der Waals surface area contributed by atoms with Crippen LogP contribution in [0, 0.1) is 23.7 Å². The van der Waals surface area contributed by atoms with Crippen LogP contribution >= 0.6 is 0 Å². The minimum atomic E-state index is -2.70. The number of carbonyl (C=O) groups excluding carboxylic acids is 2. The van der Waals surface area contributed by atoms with E-state index in [4.69, 9.17) is 9.47 Å². The van der Waals surface area contributed by atoms with Crippen LogP contribution in [0.2, 0.25) is 0 Å². The zero-order chi connectivity index (χ0) is 30.5. The number of nitrogens with one attached hydrogen (secondary N) is 1. The van der Waals surface area contributed by atoms with Gasteiger partial charge in [-0.05, 0) is 89.1 Å². The van der Waals surface area contributed by atoms with Crippen LogP contribution in [-0.4, -0.2) is 74.1 Å². The first kappa shape index (κ1) is 34.7. The van der Waals surface area contributed by atoms with Crippen molar-refractivity contribution in [1.29, 1.82) is 0 Å². The number of halogens is 2. The Labute approximate surface area is 259 Å². The van der Waals surface area contributed by atoms with Gasteiger partial charge in [-0.2, -0.15) is 0 Å². The number of hydrogen-bond acceptors (Lipinski definition) is 5. The molecule has 1 aliphatic heterocycles. The van der Waals surface area contributed by atoms with Gasteiger partial charge in [0.1, 0.15) is 12.4 Å². The van der Waals surface area contributed by atoms with E-state index in [9.17, 15) is 18.4 Å². The Morgan fingerprint density at radius 2 is 1.63 bits per heavy atom. The monoisotopic (exact) mass is 610 g/mol. The first-order valence-corrected chi connectivity index (χ1v) is 18.0. The normalized spacial score (nSPS) is 27.7. The highest BCUT2D eigenvalue weighted by Crippen LogP contribution is 2.39. The second-order valence-electron chi connectivity index (χ2n) is 14.2. The minimum Gasteiger partial charge on any atom is -0.376 e. The van der Waals surface area contributed by atoms with Gasteiger partial charge in [0.15, 0.2) is 0 Å². The zero-order valence-electron chi connectivity index (χ0n) is 27.0. The molecule has 1 amide bonds. The van der Waals surface area contributed by atoms with Gasteiger partial charge in [0.2, 0.25) is 5.91 Å². The SMILES string of the molecule is CCCN(CCCCCCOCC(F)(F)C1CCCCC1)CC(=O)C1CCC(OCC2CCCCC2)C2NC(=O)CCC12. The van der Waals surface area contributed by atoms with E-state index in [1.807, 2.05) is 0 Å². The lowest BCUT2D eigenvalue weighted by Crippen LogP contribution is -2.58. The molecule has 4 atom stereocenters. The van der Waals surface area contributed by atoms with Gasteiger partial charge in [-0.1, -0.05) is 58.3 Å². The molecule has 3 aliphatic carbocycles. The number of ketones is 1. The second-order valence-corrected chi connectivity index (χ2v) is 14.2. The van der Waals surface area contributed by atoms with Gasteiger partial charge in [-0.15, -0.1) is 0 Å². The maximum Gasteiger partial charge on any atom is 0.273 e. The molecule has 4 rings (SSSR count). The topological polar surface area (TPSA) is 67.9 Å². The van der Waals surface area contributed by atoms with Crippen LogP contribution in [0.3, 0.4) is 0 Å². The van der Waals surface area contributed by atoms with Crippen molar-refractivity contribution in [3.05, 3.63) is 0 Å². The van der Waals surface area contributed by atoms with Gasteiger partial charge >= 0.3 is 0 Å². The number of piperidine rings is 1. The fourth-order valence-electron chi connectivity index (χ4n) is 8.27. The number of ether oxygens (including phenoxy) is 2. The maximum absolute atomic E-state index is 14.4. The molecule has 1 saturated heterocycles. The summed E-state index contributed by atoms with van der Waals surface area (Å²) in [5, 5.41) is 3.23. The molecule has 8 heteroatoms. The third kappa shape index (κ3) is 11.0. The number of rotatable bonds is 18. The predicted molar refractivity (Wildman–Crippen MR) is 166 cm³/mol. The van der Waals surface area contributed by atoms with Crippen molar-refractivity contribution in [1.82, 2.24) is 10.2 Å². The van der Waals surface area contributed by atoms with Crippen molar-refractivity contribution >= 4 is 11.7 Å². The number of hydrogen-bond donors (Lipinski definition) is 1. The quantitative estimate of drug-likeness (QED) is 0.165. The summed E-state index contributed by atoms with van der Waals surface area (Å²) in [5.74, 6) is -2.00. The molecule has 0 spiro atoms. The van der Waals surface area contributed by atoms with Gasteiger partial charge in [0.05, 0.1) is 18.7 Å². The fourth-order valence-corrected chi connectivity index (χ4v) is 8.27. The summed E-state index contributed by atoms with van der Waals surface area (Å²) in [6, 6.07) is -0.0444. The number of alkyl halides is 2. The number of carbonyl (C=O) groups is 2. The van der Waals surface area contributed by atoms with Gasteiger partial charge < -0.3 is 14.8 Å². The summed E-state index contributed by atoms with van der Waals surface area (Å²) < 4.78 is 40.6. The lowest BCUT2D eigenvalue weighted by Gasteiger charge is -2.45. The zero-order valence-corrected chi connectivity index (χ0v) is 27.0. The minimum absolute atomic E-state index is 0.0108. The molecule has 0 aromatic carbocycles. The Bertz CT molecular complexity index is 831. The molecule has 4 unspecified atom stereocenters. The molecule has 4 aliphatic rings. The third-order valence-corrected chi connectivity index (χ3v) is 10.8. The average molecular weight is 611 g/mol. The van der Waals surface area contributed by atoms with E-state index in [-0.39, 0.29) is 29.9 Å². The predicted octanol–water partition coefficient (Wildman–Crippen LogP) is 7.33. The smallest absolute Gasteiger partial charge is 0.273 e. The lowest BCUT2D eigenvalue weighted by molar-refractivity contribution is -0.139. The van der Waals surface area contributed by atoms with Crippen molar-refractivity contribution < 1.29 is 27.8 Å². The molecule has 1 heterocycles. The van der Waals surface area contributed by atoms with Crippen molar-refractivity contribution in [2.24, 2.45) is 23.7 Å². The van der Waals surface area contributed by atoms with Crippen molar-refractivity contribution in [3.8, 4) is 0 Å². The van der Waals surface area contributed by atoms with Crippen LogP contribution in [0.1, 0.15) is 129 Å². The van der Waals surface area contributed by atoms with E-state index in [1.54, 1.807) is 0 Å². The molecule has 0 bridgehead atoms. The molecular weight excluding hydrogens is 550 g/mol. The van der Waals surface area contributed by atoms with Crippen LogP contribution in [0.4, 0.5) is 8.78 Å². The highest BCUT2D eigenvalue weighted by molar-refractivity contribution is 5.84. The Hall–Kier alpha value is -1.12. The van der Waals surface area contributed by atoms with E-state index in [0.29, 0.717) is 44.1 Å². The third-order valence-electron chi connectivity index (χ3n) is 10.8. The fraction of sp³-hybridized carbons (Fsp3) is 0.943.